The van der Waals surface area contributed by atoms with Gasteiger partial charge in [0, 0.05) is 5.02 Å². The van der Waals surface area contributed by atoms with E-state index >= 15 is 0 Å². The molecule has 0 spiro atoms. The smallest absolute Gasteiger partial charge is 0.330 e. The number of nitrogens with two attached hydrogens (primary N) is 1. The van der Waals surface area contributed by atoms with E-state index in [1.165, 1.54) is 12.1 Å². The summed E-state index contributed by atoms with van der Waals surface area (Å²) in [5, 5.41) is 0.116. The zero-order valence-corrected chi connectivity index (χ0v) is 9.22. The molecule has 86 valence electrons. The van der Waals surface area contributed by atoms with Crippen LogP contribution in [0.25, 0.3) is 0 Å². The fourth-order valence-electron chi connectivity index (χ4n) is 1.22. The molecule has 0 amide bonds. The van der Waals surface area contributed by atoms with Gasteiger partial charge in [-0.05, 0) is 30.7 Å². The SMILES string of the molecule is Cl.NCCc1c(Cl)cccc1C(F)(F)F. The Labute approximate surface area is 96.8 Å². The average Bonchev–Trinajstić information content (AvgIpc) is 2.07. The van der Waals surface area contributed by atoms with Crippen molar-refractivity contribution < 1.29 is 13.2 Å². The molecule has 0 aromatic heterocycles. The molecule has 1 nitrogen and oxygen atoms in total. The van der Waals surface area contributed by atoms with Crippen LogP contribution in [-0.4, -0.2) is 6.54 Å². The van der Waals surface area contributed by atoms with Crippen molar-refractivity contribution in [2.45, 2.75) is 12.6 Å². The topological polar surface area (TPSA) is 26.0 Å². The summed E-state index contributed by atoms with van der Waals surface area (Å²) < 4.78 is 37.4. The third kappa shape index (κ3) is 3.55. The molecule has 0 unspecified atom stereocenters. The molecular weight excluding hydrogens is 250 g/mol. The summed E-state index contributed by atoms with van der Waals surface area (Å²) in [4.78, 5) is 0. The van der Waals surface area contributed by atoms with E-state index in [2.05, 4.69) is 0 Å². The first-order valence-electron chi connectivity index (χ1n) is 4.01. The largest absolute Gasteiger partial charge is 0.416 e. The molecular formula is C9H10Cl2F3N. The van der Waals surface area contributed by atoms with Gasteiger partial charge in [-0.15, -0.1) is 12.4 Å². The van der Waals surface area contributed by atoms with Gasteiger partial charge in [-0.3, -0.25) is 0 Å². The van der Waals surface area contributed by atoms with Crippen molar-refractivity contribution in [1.29, 1.82) is 0 Å². The Morgan fingerprint density at radius 3 is 2.33 bits per heavy atom. The van der Waals surface area contributed by atoms with Gasteiger partial charge >= 0.3 is 6.18 Å². The van der Waals surface area contributed by atoms with Crippen LogP contribution in [0.4, 0.5) is 13.2 Å². The van der Waals surface area contributed by atoms with Crippen molar-refractivity contribution in [3.63, 3.8) is 0 Å². The van der Waals surface area contributed by atoms with Crippen molar-refractivity contribution in [1.82, 2.24) is 0 Å². The molecule has 1 aromatic carbocycles. The Hall–Kier alpha value is -0.450. The maximum absolute atomic E-state index is 12.5. The Morgan fingerprint density at radius 1 is 1.27 bits per heavy atom. The van der Waals surface area contributed by atoms with Gasteiger partial charge < -0.3 is 5.73 Å². The number of hydrogen-bond donors (Lipinski definition) is 1. The number of hydrogen-bond acceptors (Lipinski definition) is 1. The maximum Gasteiger partial charge on any atom is 0.416 e. The number of rotatable bonds is 2. The lowest BCUT2D eigenvalue weighted by atomic mass is 10.0. The fourth-order valence-corrected chi connectivity index (χ4v) is 1.49. The van der Waals surface area contributed by atoms with Gasteiger partial charge in [0.15, 0.2) is 0 Å². The summed E-state index contributed by atoms with van der Waals surface area (Å²) in [7, 11) is 0. The van der Waals surface area contributed by atoms with Crippen LogP contribution >= 0.6 is 24.0 Å². The average molecular weight is 260 g/mol. The first kappa shape index (κ1) is 14.6. The zero-order chi connectivity index (χ0) is 10.8. The van der Waals surface area contributed by atoms with Gasteiger partial charge in [0.25, 0.3) is 0 Å². The van der Waals surface area contributed by atoms with E-state index in [-0.39, 0.29) is 36.0 Å². The lowest BCUT2D eigenvalue weighted by Gasteiger charge is -2.13. The highest BCUT2D eigenvalue weighted by molar-refractivity contribution is 6.31. The number of halogens is 5. The minimum atomic E-state index is -4.37. The lowest BCUT2D eigenvalue weighted by molar-refractivity contribution is -0.138. The molecule has 1 aromatic rings. The second-order valence-electron chi connectivity index (χ2n) is 2.80. The fraction of sp³-hybridized carbons (Fsp3) is 0.333. The van der Waals surface area contributed by atoms with Crippen LogP contribution in [-0.2, 0) is 12.6 Å². The third-order valence-corrected chi connectivity index (χ3v) is 2.17. The number of benzene rings is 1. The molecule has 0 aliphatic heterocycles. The molecule has 2 N–H and O–H groups in total. The second-order valence-corrected chi connectivity index (χ2v) is 3.21. The molecule has 0 saturated carbocycles. The predicted octanol–water partition coefficient (Wildman–Crippen LogP) is 3.28. The van der Waals surface area contributed by atoms with Crippen molar-refractivity contribution in [3.8, 4) is 0 Å². The Kier molecular flexibility index (Phi) is 5.42. The van der Waals surface area contributed by atoms with Crippen LogP contribution in [0, 0.1) is 0 Å². The summed E-state index contributed by atoms with van der Waals surface area (Å²) in [5.74, 6) is 0. The third-order valence-electron chi connectivity index (χ3n) is 1.82. The maximum atomic E-state index is 12.5. The minimum Gasteiger partial charge on any atom is -0.330 e. The van der Waals surface area contributed by atoms with Crippen molar-refractivity contribution >= 4 is 24.0 Å². The van der Waals surface area contributed by atoms with Crippen LogP contribution in [0.5, 0.6) is 0 Å². The summed E-state index contributed by atoms with van der Waals surface area (Å²) in [5.41, 5.74) is 4.59. The highest BCUT2D eigenvalue weighted by atomic mass is 35.5. The molecule has 0 heterocycles. The van der Waals surface area contributed by atoms with Gasteiger partial charge in [0.1, 0.15) is 0 Å². The molecule has 0 atom stereocenters. The van der Waals surface area contributed by atoms with Crippen LogP contribution in [0.15, 0.2) is 18.2 Å². The zero-order valence-electron chi connectivity index (χ0n) is 7.64. The lowest BCUT2D eigenvalue weighted by Crippen LogP contribution is -2.12. The second kappa shape index (κ2) is 5.58. The Bertz CT molecular complexity index is 326. The molecule has 0 bridgehead atoms. The minimum absolute atomic E-state index is 0. The first-order chi connectivity index (χ1) is 6.46. The van der Waals surface area contributed by atoms with Gasteiger partial charge in [0.2, 0.25) is 0 Å². The van der Waals surface area contributed by atoms with E-state index in [0.29, 0.717) is 0 Å². The van der Waals surface area contributed by atoms with Gasteiger partial charge in [-0.25, -0.2) is 0 Å². The van der Waals surface area contributed by atoms with E-state index in [4.69, 9.17) is 17.3 Å². The van der Waals surface area contributed by atoms with E-state index < -0.39 is 11.7 Å². The van der Waals surface area contributed by atoms with Gasteiger partial charge in [0.05, 0.1) is 5.56 Å². The van der Waals surface area contributed by atoms with Crippen molar-refractivity contribution in [2.24, 2.45) is 5.73 Å². The van der Waals surface area contributed by atoms with Gasteiger partial charge in [-0.2, -0.15) is 13.2 Å². The summed E-state index contributed by atoms with van der Waals surface area (Å²) in [6.07, 6.45) is -4.23. The van der Waals surface area contributed by atoms with Crippen LogP contribution in [0.2, 0.25) is 5.02 Å². The molecule has 0 saturated heterocycles. The summed E-state index contributed by atoms with van der Waals surface area (Å²) in [6, 6.07) is 3.73. The normalized spacial score (nSPS) is 11.0. The first-order valence-corrected chi connectivity index (χ1v) is 4.39. The van der Waals surface area contributed by atoms with E-state index in [1.54, 1.807) is 0 Å². The summed E-state index contributed by atoms with van der Waals surface area (Å²) in [6.45, 7) is 0.146. The number of alkyl halides is 3. The van der Waals surface area contributed by atoms with E-state index in [9.17, 15) is 13.2 Å². The summed E-state index contributed by atoms with van der Waals surface area (Å²) >= 11 is 5.66. The Balaban J connectivity index is 0.00000196. The predicted molar refractivity (Wildman–Crippen MR) is 56.5 cm³/mol. The van der Waals surface area contributed by atoms with E-state index in [0.717, 1.165) is 6.07 Å². The van der Waals surface area contributed by atoms with E-state index in [1.807, 2.05) is 0 Å². The monoisotopic (exact) mass is 259 g/mol. The Morgan fingerprint density at radius 2 is 1.87 bits per heavy atom. The van der Waals surface area contributed by atoms with Crippen LogP contribution in [0.3, 0.4) is 0 Å². The van der Waals surface area contributed by atoms with Crippen molar-refractivity contribution in [3.05, 3.63) is 34.3 Å². The highest BCUT2D eigenvalue weighted by Gasteiger charge is 2.33. The van der Waals surface area contributed by atoms with Crippen LogP contribution in [0.1, 0.15) is 11.1 Å². The quantitative estimate of drug-likeness (QED) is 0.867. The standard InChI is InChI=1S/C9H9ClF3N.ClH/c10-8-3-1-2-7(9(11,12)13)6(8)4-5-14;/h1-3H,4-5,14H2;1H. The molecule has 0 fully saturated rings. The molecule has 0 aliphatic carbocycles. The molecule has 6 heteroatoms. The van der Waals surface area contributed by atoms with Gasteiger partial charge in [-0.1, -0.05) is 17.7 Å². The van der Waals surface area contributed by atoms with Crippen LogP contribution < -0.4 is 5.73 Å². The molecule has 15 heavy (non-hydrogen) atoms. The van der Waals surface area contributed by atoms with Crippen molar-refractivity contribution in [2.75, 3.05) is 6.54 Å². The molecule has 0 aliphatic rings. The molecule has 1 rings (SSSR count). The molecule has 0 radical (unpaired) electrons. The highest BCUT2D eigenvalue weighted by Crippen LogP contribution is 2.34.